The van der Waals surface area contributed by atoms with Crippen LogP contribution >= 0.6 is 15.9 Å². The number of halogens is 1. The van der Waals surface area contributed by atoms with E-state index in [4.69, 9.17) is 5.73 Å². The number of anilines is 2. The molecule has 3 N–H and O–H groups in total. The van der Waals surface area contributed by atoms with Gasteiger partial charge in [0.15, 0.2) is 0 Å². The first kappa shape index (κ1) is 15.8. The molecule has 1 heterocycles. The van der Waals surface area contributed by atoms with E-state index in [-0.39, 0.29) is 0 Å². The molecule has 0 aliphatic carbocycles. The second-order valence-corrected chi connectivity index (χ2v) is 5.96. The highest BCUT2D eigenvalue weighted by Crippen LogP contribution is 2.21. The van der Waals surface area contributed by atoms with Gasteiger partial charge in [0, 0.05) is 13.1 Å². The molecule has 0 saturated carbocycles. The first-order valence-corrected chi connectivity index (χ1v) is 7.82. The lowest BCUT2D eigenvalue weighted by Crippen LogP contribution is -2.21. The average Bonchev–Trinajstić information content (AvgIpc) is 2.46. The Labute approximate surface area is 134 Å². The molecule has 0 aliphatic rings. The maximum atomic E-state index is 5.67. The lowest BCUT2D eigenvalue weighted by molar-refractivity contribution is 0.325. The number of rotatable bonds is 7. The standard InChI is InChI=1S/C16H21BrN4/c1-21(12-13-6-3-2-4-7-13)9-5-8-19-16-15(17)10-14(18)11-20-16/h2-4,6-7,10-11H,5,8-9,12,18H2,1H3,(H,19,20). The van der Waals surface area contributed by atoms with Crippen molar-refractivity contribution >= 4 is 27.4 Å². The lowest BCUT2D eigenvalue weighted by Gasteiger charge is -2.17. The summed E-state index contributed by atoms with van der Waals surface area (Å²) in [6, 6.07) is 12.4. The Morgan fingerprint density at radius 3 is 2.76 bits per heavy atom. The van der Waals surface area contributed by atoms with E-state index < -0.39 is 0 Å². The van der Waals surface area contributed by atoms with Crippen LogP contribution < -0.4 is 11.1 Å². The van der Waals surface area contributed by atoms with Gasteiger partial charge in [0.05, 0.1) is 16.4 Å². The third-order valence-corrected chi connectivity index (χ3v) is 3.77. The van der Waals surface area contributed by atoms with Gasteiger partial charge in [0.2, 0.25) is 0 Å². The van der Waals surface area contributed by atoms with Crippen LogP contribution in [0, 0.1) is 0 Å². The predicted octanol–water partition coefficient (Wildman–Crippen LogP) is 3.36. The van der Waals surface area contributed by atoms with E-state index in [0.717, 1.165) is 36.3 Å². The van der Waals surface area contributed by atoms with Crippen LogP contribution in [0.5, 0.6) is 0 Å². The second-order valence-electron chi connectivity index (χ2n) is 5.10. The smallest absolute Gasteiger partial charge is 0.140 e. The molecule has 1 aromatic heterocycles. The van der Waals surface area contributed by atoms with Crippen molar-refractivity contribution in [2.24, 2.45) is 0 Å². The summed E-state index contributed by atoms with van der Waals surface area (Å²) < 4.78 is 0.903. The molecule has 0 amide bonds. The van der Waals surface area contributed by atoms with Crippen molar-refractivity contribution < 1.29 is 0 Å². The Morgan fingerprint density at radius 2 is 2.05 bits per heavy atom. The summed E-state index contributed by atoms with van der Waals surface area (Å²) in [5, 5.41) is 3.32. The fraction of sp³-hybridized carbons (Fsp3) is 0.312. The number of nitrogens with zero attached hydrogens (tertiary/aromatic N) is 2. The number of aromatic nitrogens is 1. The van der Waals surface area contributed by atoms with Crippen molar-refractivity contribution in [3.63, 3.8) is 0 Å². The fourth-order valence-electron chi connectivity index (χ4n) is 2.11. The largest absolute Gasteiger partial charge is 0.397 e. The first-order chi connectivity index (χ1) is 10.1. The Balaban J connectivity index is 1.69. The van der Waals surface area contributed by atoms with Crippen LogP contribution in [0.15, 0.2) is 47.1 Å². The number of benzene rings is 1. The Morgan fingerprint density at radius 1 is 1.29 bits per heavy atom. The second kappa shape index (κ2) is 8.00. The molecule has 2 aromatic rings. The van der Waals surface area contributed by atoms with E-state index in [0.29, 0.717) is 5.69 Å². The zero-order valence-corrected chi connectivity index (χ0v) is 13.8. The monoisotopic (exact) mass is 348 g/mol. The summed E-state index contributed by atoms with van der Waals surface area (Å²) in [6.07, 6.45) is 2.72. The summed E-state index contributed by atoms with van der Waals surface area (Å²) in [7, 11) is 2.14. The van der Waals surface area contributed by atoms with E-state index >= 15 is 0 Å². The zero-order chi connectivity index (χ0) is 15.1. The molecule has 1 aromatic carbocycles. The van der Waals surface area contributed by atoms with Gasteiger partial charge in [0.1, 0.15) is 5.82 Å². The van der Waals surface area contributed by atoms with E-state index in [1.54, 1.807) is 6.20 Å². The minimum Gasteiger partial charge on any atom is -0.397 e. The lowest BCUT2D eigenvalue weighted by atomic mass is 10.2. The number of nitrogens with two attached hydrogens (primary N) is 1. The third-order valence-electron chi connectivity index (χ3n) is 3.17. The molecule has 2 rings (SSSR count). The van der Waals surface area contributed by atoms with Crippen LogP contribution in [-0.4, -0.2) is 30.0 Å². The molecule has 0 fully saturated rings. The van der Waals surface area contributed by atoms with Crippen LogP contribution in [0.1, 0.15) is 12.0 Å². The van der Waals surface area contributed by atoms with Gasteiger partial charge in [-0.15, -0.1) is 0 Å². The molecule has 0 aliphatic heterocycles. The molecule has 0 radical (unpaired) electrons. The topological polar surface area (TPSA) is 54.2 Å². The maximum Gasteiger partial charge on any atom is 0.140 e. The van der Waals surface area contributed by atoms with E-state index in [1.807, 2.05) is 12.1 Å². The molecular weight excluding hydrogens is 328 g/mol. The normalized spacial score (nSPS) is 10.8. The molecule has 4 nitrogen and oxygen atoms in total. The Kier molecular flexibility index (Phi) is 6.02. The van der Waals surface area contributed by atoms with Gasteiger partial charge in [-0.05, 0) is 47.6 Å². The maximum absolute atomic E-state index is 5.67. The number of nitrogen functional groups attached to an aromatic ring is 1. The SMILES string of the molecule is CN(CCCNc1ncc(N)cc1Br)Cc1ccccc1. The molecule has 0 atom stereocenters. The van der Waals surface area contributed by atoms with Gasteiger partial charge in [0.25, 0.3) is 0 Å². The highest BCUT2D eigenvalue weighted by molar-refractivity contribution is 9.10. The quantitative estimate of drug-likeness (QED) is 0.753. The van der Waals surface area contributed by atoms with Crippen LogP contribution in [-0.2, 0) is 6.54 Å². The summed E-state index contributed by atoms with van der Waals surface area (Å²) in [5.41, 5.74) is 7.67. The molecule has 0 saturated heterocycles. The third kappa shape index (κ3) is 5.36. The minimum absolute atomic E-state index is 0.662. The van der Waals surface area contributed by atoms with Crippen molar-refractivity contribution in [2.75, 3.05) is 31.2 Å². The van der Waals surface area contributed by atoms with Gasteiger partial charge < -0.3 is 16.0 Å². The highest BCUT2D eigenvalue weighted by Gasteiger charge is 2.02. The highest BCUT2D eigenvalue weighted by atomic mass is 79.9. The predicted molar refractivity (Wildman–Crippen MR) is 92.2 cm³/mol. The van der Waals surface area contributed by atoms with E-state index in [9.17, 15) is 0 Å². The minimum atomic E-state index is 0.662. The molecule has 112 valence electrons. The summed E-state index contributed by atoms with van der Waals surface area (Å²) in [6.45, 7) is 2.90. The molecule has 5 heteroatoms. The molecular formula is C16H21BrN4. The van der Waals surface area contributed by atoms with Crippen LogP contribution in [0.3, 0.4) is 0 Å². The zero-order valence-electron chi connectivity index (χ0n) is 12.2. The Bertz CT molecular complexity index is 559. The van der Waals surface area contributed by atoms with Crippen molar-refractivity contribution in [3.8, 4) is 0 Å². The first-order valence-electron chi connectivity index (χ1n) is 7.02. The molecule has 21 heavy (non-hydrogen) atoms. The van der Waals surface area contributed by atoms with Crippen molar-refractivity contribution in [1.29, 1.82) is 0 Å². The van der Waals surface area contributed by atoms with Gasteiger partial charge >= 0.3 is 0 Å². The van der Waals surface area contributed by atoms with Crippen LogP contribution in [0.2, 0.25) is 0 Å². The van der Waals surface area contributed by atoms with Crippen molar-refractivity contribution in [1.82, 2.24) is 9.88 Å². The summed E-state index contributed by atoms with van der Waals surface area (Å²) >= 11 is 3.46. The fourth-order valence-corrected chi connectivity index (χ4v) is 2.62. The summed E-state index contributed by atoms with van der Waals surface area (Å²) in [5.74, 6) is 0.843. The van der Waals surface area contributed by atoms with Gasteiger partial charge in [-0.1, -0.05) is 30.3 Å². The van der Waals surface area contributed by atoms with Crippen LogP contribution in [0.25, 0.3) is 0 Å². The van der Waals surface area contributed by atoms with Gasteiger partial charge in [-0.25, -0.2) is 4.98 Å². The Hall–Kier alpha value is -1.59. The van der Waals surface area contributed by atoms with Crippen molar-refractivity contribution in [3.05, 3.63) is 52.6 Å². The van der Waals surface area contributed by atoms with Crippen LogP contribution in [0.4, 0.5) is 11.5 Å². The molecule has 0 spiro atoms. The van der Waals surface area contributed by atoms with Crippen molar-refractivity contribution in [2.45, 2.75) is 13.0 Å². The van der Waals surface area contributed by atoms with Gasteiger partial charge in [-0.3, -0.25) is 0 Å². The van der Waals surface area contributed by atoms with E-state index in [2.05, 4.69) is 62.4 Å². The number of nitrogens with one attached hydrogen (secondary N) is 1. The number of hydrogen-bond donors (Lipinski definition) is 2. The number of hydrogen-bond acceptors (Lipinski definition) is 4. The average molecular weight is 349 g/mol. The van der Waals surface area contributed by atoms with Gasteiger partial charge in [-0.2, -0.15) is 0 Å². The number of pyridine rings is 1. The molecule has 0 bridgehead atoms. The molecule has 0 unspecified atom stereocenters. The van der Waals surface area contributed by atoms with E-state index in [1.165, 1.54) is 5.56 Å². The summed E-state index contributed by atoms with van der Waals surface area (Å²) in [4.78, 5) is 6.59.